The van der Waals surface area contributed by atoms with E-state index in [1.165, 1.54) is 158 Å². The number of fused-ring (bicyclic) bond motifs is 16. The average Bonchev–Trinajstić information content (AvgIpc) is 3.67. The lowest BCUT2D eigenvalue weighted by Crippen LogP contribution is -2.12. The van der Waals surface area contributed by atoms with E-state index in [0.717, 1.165) is 61.8 Å². The second-order valence-electron chi connectivity index (χ2n) is 20.5. The van der Waals surface area contributed by atoms with E-state index >= 15 is 0 Å². The van der Waals surface area contributed by atoms with Crippen LogP contribution in [0, 0.1) is 13.8 Å². The molecule has 10 aromatic carbocycles. The maximum atomic E-state index is 7.94. The van der Waals surface area contributed by atoms with Gasteiger partial charge in [-0.1, -0.05) is 158 Å². The van der Waals surface area contributed by atoms with Crippen LogP contribution in [0.2, 0.25) is 0 Å². The molecule has 2 heterocycles. The van der Waals surface area contributed by atoms with E-state index in [4.69, 9.17) is 9.05 Å². The molecular formula is C66H56O2P2. The van der Waals surface area contributed by atoms with Crippen molar-refractivity contribution in [3.05, 3.63) is 213 Å². The lowest BCUT2D eigenvalue weighted by atomic mass is 9.78. The first-order valence-electron chi connectivity index (χ1n) is 25.7. The molecule has 2 nitrogen and oxygen atoms in total. The molecule has 4 heteroatoms. The van der Waals surface area contributed by atoms with Crippen LogP contribution in [0.15, 0.2) is 158 Å². The minimum atomic E-state index is -0.967. The van der Waals surface area contributed by atoms with Gasteiger partial charge in [0.15, 0.2) is 0 Å². The highest BCUT2D eigenvalue weighted by molar-refractivity contribution is 7.51. The highest BCUT2D eigenvalue weighted by Crippen LogP contribution is 2.60. The largest absolute Gasteiger partial charge is 0.472 e. The zero-order valence-corrected chi connectivity index (χ0v) is 42.0. The van der Waals surface area contributed by atoms with Gasteiger partial charge in [0.05, 0.1) is 16.3 Å². The lowest BCUT2D eigenvalue weighted by molar-refractivity contribution is 0.588. The summed E-state index contributed by atoms with van der Waals surface area (Å²) in [6, 6.07) is 60.0. The predicted molar refractivity (Wildman–Crippen MR) is 298 cm³/mol. The van der Waals surface area contributed by atoms with Crippen molar-refractivity contribution < 1.29 is 9.05 Å². The molecule has 0 radical (unpaired) electrons. The average molecular weight is 943 g/mol. The number of aryl methyl sites for hydroxylation is 4. The van der Waals surface area contributed by atoms with E-state index in [9.17, 15) is 0 Å². The third-order valence-corrected chi connectivity index (χ3v) is 19.9. The molecule has 0 saturated heterocycles. The monoisotopic (exact) mass is 942 g/mol. The lowest BCUT2D eigenvalue weighted by Gasteiger charge is -2.32. The van der Waals surface area contributed by atoms with Gasteiger partial charge in [-0.25, -0.2) is 0 Å². The first-order chi connectivity index (χ1) is 34.5. The van der Waals surface area contributed by atoms with Crippen molar-refractivity contribution in [1.82, 2.24) is 0 Å². The molecule has 2 aliphatic heterocycles. The molecule has 0 fully saturated rings. The van der Waals surface area contributed by atoms with E-state index in [-0.39, 0.29) is 0 Å². The van der Waals surface area contributed by atoms with Crippen LogP contribution in [-0.2, 0) is 50.3 Å². The molecule has 0 N–H and O–H groups in total. The van der Waals surface area contributed by atoms with E-state index in [2.05, 4.69) is 172 Å². The molecule has 14 rings (SSSR count). The summed E-state index contributed by atoms with van der Waals surface area (Å²) in [6.45, 7) is 4.68. The summed E-state index contributed by atoms with van der Waals surface area (Å²) in [7, 11) is -1.93. The second kappa shape index (κ2) is 17.2. The SMILES string of the molecule is Cc1cc2c(c(-c3c4c(cc(C)c3OP3Cc5ccc6ccccc6c5-c5c(ccc6ccccc56)C3)CCCC4)c1OP1Cc3ccc4ccccc4c3-c3c(ccc4ccccc34)C1)CCCC2. The van der Waals surface area contributed by atoms with Gasteiger partial charge in [-0.2, -0.15) is 0 Å². The van der Waals surface area contributed by atoms with Crippen LogP contribution >= 0.6 is 16.3 Å². The summed E-state index contributed by atoms with van der Waals surface area (Å²) in [5, 5.41) is 10.5. The minimum absolute atomic E-state index is 0.900. The minimum Gasteiger partial charge on any atom is -0.472 e. The molecule has 2 aliphatic carbocycles. The maximum Gasteiger partial charge on any atom is 0.134 e. The molecule has 70 heavy (non-hydrogen) atoms. The Labute approximate surface area is 414 Å². The van der Waals surface area contributed by atoms with E-state index < -0.39 is 16.3 Å². The third kappa shape index (κ3) is 7.04. The topological polar surface area (TPSA) is 18.5 Å². The zero-order valence-electron chi connectivity index (χ0n) is 40.2. The molecule has 0 unspecified atom stereocenters. The molecule has 0 saturated carbocycles. The van der Waals surface area contributed by atoms with Crippen molar-refractivity contribution in [1.29, 1.82) is 0 Å². The molecule has 0 spiro atoms. The van der Waals surface area contributed by atoms with Crippen molar-refractivity contribution in [3.8, 4) is 44.9 Å². The molecule has 4 aliphatic rings. The molecule has 10 aromatic rings. The molecule has 0 amide bonds. The molecular weight excluding hydrogens is 887 g/mol. The highest BCUT2D eigenvalue weighted by atomic mass is 31.1. The van der Waals surface area contributed by atoms with Gasteiger partial charge in [0, 0.05) is 35.8 Å². The quantitative estimate of drug-likeness (QED) is 0.160. The zero-order chi connectivity index (χ0) is 46.5. The molecule has 0 atom stereocenters. The van der Waals surface area contributed by atoms with Crippen molar-refractivity contribution in [2.24, 2.45) is 0 Å². The van der Waals surface area contributed by atoms with Gasteiger partial charge < -0.3 is 9.05 Å². The number of rotatable bonds is 5. The van der Waals surface area contributed by atoms with Crippen LogP contribution in [0.25, 0.3) is 76.5 Å². The van der Waals surface area contributed by atoms with Crippen LogP contribution in [0.4, 0.5) is 0 Å². The van der Waals surface area contributed by atoms with Gasteiger partial charge in [-0.3, -0.25) is 0 Å². The standard InChI is InChI=1S/C66H56O2P2/c1-41-35-47-19-7-13-25-57(47)63(65(41)67-69-37-49-31-27-43-15-3-9-21-53(43)59(49)60-50(38-69)32-28-44-16-4-10-22-54(44)60)64-58-26-14-8-20-48(58)36-42(2)66(64)68-70-39-51-33-29-45-17-5-11-23-55(45)61(51)62-52(40-70)34-30-46-18-6-12-24-56(46)62/h3-6,9-12,15-18,21-24,27-36H,7-8,13-14,19-20,25-26,37-40H2,1-2H3. The van der Waals surface area contributed by atoms with E-state index in [1.807, 2.05) is 0 Å². The van der Waals surface area contributed by atoms with Gasteiger partial charge in [-0.15, -0.1) is 0 Å². The summed E-state index contributed by atoms with van der Waals surface area (Å²) in [6.07, 6.45) is 12.8. The van der Waals surface area contributed by atoms with Gasteiger partial charge in [-0.05, 0) is 186 Å². The Morgan fingerprint density at radius 3 is 0.943 bits per heavy atom. The second-order valence-corrected chi connectivity index (χ2v) is 24.1. The van der Waals surface area contributed by atoms with Crippen LogP contribution < -0.4 is 9.05 Å². The van der Waals surface area contributed by atoms with Crippen LogP contribution in [-0.4, -0.2) is 0 Å². The molecule has 0 bridgehead atoms. The van der Waals surface area contributed by atoms with E-state index in [0.29, 0.717) is 0 Å². The Balaban J connectivity index is 0.946. The molecule has 0 aromatic heterocycles. The first-order valence-corrected chi connectivity index (χ1v) is 29.0. The highest BCUT2D eigenvalue weighted by Gasteiger charge is 2.34. The Bertz CT molecular complexity index is 3370. The van der Waals surface area contributed by atoms with Crippen molar-refractivity contribution in [3.63, 3.8) is 0 Å². The summed E-state index contributed by atoms with van der Waals surface area (Å²) in [4.78, 5) is 0. The summed E-state index contributed by atoms with van der Waals surface area (Å²) >= 11 is 0. The van der Waals surface area contributed by atoms with Crippen LogP contribution in [0.3, 0.4) is 0 Å². The van der Waals surface area contributed by atoms with Crippen molar-refractivity contribution >= 4 is 59.4 Å². The predicted octanol–water partition coefficient (Wildman–Crippen LogP) is 18.7. The maximum absolute atomic E-state index is 7.94. The van der Waals surface area contributed by atoms with Gasteiger partial charge in [0.25, 0.3) is 0 Å². The number of benzene rings is 10. The summed E-state index contributed by atoms with van der Waals surface area (Å²) in [5.41, 5.74) is 22.4. The molecule has 342 valence electrons. The van der Waals surface area contributed by atoms with Crippen LogP contribution in [0.1, 0.15) is 81.3 Å². The first kappa shape index (κ1) is 42.6. The smallest absolute Gasteiger partial charge is 0.134 e. The Kier molecular flexibility index (Phi) is 10.5. The fourth-order valence-electron chi connectivity index (χ4n) is 13.1. The van der Waals surface area contributed by atoms with Gasteiger partial charge in [0.2, 0.25) is 0 Å². The number of hydrogen-bond donors (Lipinski definition) is 0. The third-order valence-electron chi connectivity index (χ3n) is 16.2. The summed E-state index contributed by atoms with van der Waals surface area (Å²) in [5.74, 6) is 2.20. The van der Waals surface area contributed by atoms with Crippen molar-refractivity contribution in [2.45, 2.75) is 89.9 Å². The fourth-order valence-corrected chi connectivity index (χ4v) is 17.1. The van der Waals surface area contributed by atoms with E-state index in [1.54, 1.807) is 0 Å². The van der Waals surface area contributed by atoms with Gasteiger partial charge in [0.1, 0.15) is 11.5 Å². The Morgan fingerprint density at radius 2 is 0.614 bits per heavy atom. The summed E-state index contributed by atoms with van der Waals surface area (Å²) < 4.78 is 15.9. The Morgan fingerprint density at radius 1 is 0.314 bits per heavy atom. The van der Waals surface area contributed by atoms with Crippen molar-refractivity contribution in [2.75, 3.05) is 0 Å². The number of hydrogen-bond acceptors (Lipinski definition) is 2. The van der Waals surface area contributed by atoms with Gasteiger partial charge >= 0.3 is 0 Å². The Hall–Kier alpha value is -6.30. The fraction of sp³-hybridized carbons (Fsp3) is 0.212. The van der Waals surface area contributed by atoms with Crippen LogP contribution in [0.5, 0.6) is 11.5 Å². The normalized spacial score (nSPS) is 15.6.